The molecule has 0 spiro atoms. The number of allylic oxidation sites excluding steroid dienone is 2. The van der Waals surface area contributed by atoms with Crippen LogP contribution in [0.4, 0.5) is 4.79 Å². The Morgan fingerprint density at radius 1 is 1.05 bits per heavy atom. The van der Waals surface area contributed by atoms with Crippen molar-refractivity contribution in [2.75, 3.05) is 13.1 Å². The van der Waals surface area contributed by atoms with Crippen molar-refractivity contribution in [1.29, 1.82) is 0 Å². The number of hydrazone groups is 1. The summed E-state index contributed by atoms with van der Waals surface area (Å²) in [6, 6.07) is 7.43. The monoisotopic (exact) mass is 536 g/mol. The zero-order valence-corrected chi connectivity index (χ0v) is 23.8. The SMILES string of the molecule is CCC1=NN2C(C)=CC(C)=NC2C1Cc1ccc(C(=O)NNC(=O)C2CCN(C(=O)OC(C)(C)C)CC2)cc1. The van der Waals surface area contributed by atoms with Gasteiger partial charge in [0.1, 0.15) is 11.8 Å². The van der Waals surface area contributed by atoms with E-state index < -0.39 is 5.60 Å². The molecule has 3 aliphatic heterocycles. The maximum atomic E-state index is 12.7. The van der Waals surface area contributed by atoms with Crippen molar-refractivity contribution in [3.63, 3.8) is 0 Å². The molecule has 10 heteroatoms. The van der Waals surface area contributed by atoms with Crippen molar-refractivity contribution in [2.45, 2.75) is 79.0 Å². The number of carbonyl (C=O) groups is 3. The van der Waals surface area contributed by atoms with E-state index in [-0.39, 0.29) is 35.9 Å². The number of fused-ring (bicyclic) bond motifs is 1. The van der Waals surface area contributed by atoms with Gasteiger partial charge in [-0.25, -0.2) is 9.80 Å². The quantitative estimate of drug-likeness (QED) is 0.551. The molecular weight excluding hydrogens is 496 g/mol. The minimum absolute atomic E-state index is 0.0286. The van der Waals surface area contributed by atoms with Gasteiger partial charge in [0.15, 0.2) is 0 Å². The number of nitrogens with zero attached hydrogens (tertiary/aromatic N) is 4. The fourth-order valence-corrected chi connectivity index (χ4v) is 5.21. The lowest BCUT2D eigenvalue weighted by Crippen LogP contribution is -2.48. The average molecular weight is 537 g/mol. The molecule has 0 radical (unpaired) electrons. The van der Waals surface area contributed by atoms with E-state index in [0.29, 0.717) is 31.5 Å². The van der Waals surface area contributed by atoms with Crippen LogP contribution in [-0.2, 0) is 16.0 Å². The van der Waals surface area contributed by atoms with Gasteiger partial charge >= 0.3 is 6.09 Å². The molecule has 3 heterocycles. The van der Waals surface area contributed by atoms with Crippen molar-refractivity contribution in [2.24, 2.45) is 21.9 Å². The number of amides is 3. The second kappa shape index (κ2) is 11.6. The predicted octanol–water partition coefficient (Wildman–Crippen LogP) is 4.04. The number of likely N-dealkylation sites (tertiary alicyclic amines) is 1. The Hall–Kier alpha value is -3.69. The standard InChI is InChI=1S/C29H40N6O4/c1-7-24-23(25-30-18(2)16-19(3)35(25)33-24)17-20-8-10-21(11-9-20)26(36)31-32-27(37)22-12-14-34(15-13-22)28(38)39-29(4,5)6/h8-11,16,22-23,25H,7,12-15,17H2,1-6H3,(H,31,36)(H,32,37). The van der Waals surface area contributed by atoms with Crippen molar-refractivity contribution in [3.8, 4) is 0 Å². The third-order valence-electron chi connectivity index (χ3n) is 7.24. The molecule has 2 N–H and O–H groups in total. The number of aliphatic imine (C=N–C) groups is 1. The van der Waals surface area contributed by atoms with Crippen LogP contribution in [0.1, 0.15) is 76.7 Å². The minimum atomic E-state index is -0.558. The lowest BCUT2D eigenvalue weighted by Gasteiger charge is -2.32. The van der Waals surface area contributed by atoms with Crippen LogP contribution in [0.25, 0.3) is 0 Å². The van der Waals surface area contributed by atoms with Crippen LogP contribution in [0.5, 0.6) is 0 Å². The Bertz CT molecular complexity index is 1190. The maximum absolute atomic E-state index is 12.7. The van der Waals surface area contributed by atoms with Gasteiger partial charge in [-0.3, -0.25) is 25.4 Å². The van der Waals surface area contributed by atoms with Crippen LogP contribution in [0.3, 0.4) is 0 Å². The first kappa shape index (κ1) is 28.3. The Labute approximate surface area is 230 Å². The topological polar surface area (TPSA) is 116 Å². The van der Waals surface area contributed by atoms with Crippen molar-refractivity contribution >= 4 is 29.3 Å². The number of benzene rings is 1. The first-order valence-electron chi connectivity index (χ1n) is 13.7. The molecule has 210 valence electrons. The summed E-state index contributed by atoms with van der Waals surface area (Å²) in [6.45, 7) is 12.5. The van der Waals surface area contributed by atoms with E-state index in [4.69, 9.17) is 14.8 Å². The van der Waals surface area contributed by atoms with Gasteiger partial charge in [-0.15, -0.1) is 0 Å². The number of hydrogen-bond acceptors (Lipinski definition) is 7. The highest BCUT2D eigenvalue weighted by Crippen LogP contribution is 2.33. The Balaban J connectivity index is 1.26. The molecule has 0 saturated carbocycles. The van der Waals surface area contributed by atoms with Crippen molar-refractivity contribution in [3.05, 3.63) is 47.2 Å². The molecule has 1 aromatic carbocycles. The second-order valence-electron chi connectivity index (χ2n) is 11.5. The molecule has 0 bridgehead atoms. The van der Waals surface area contributed by atoms with E-state index >= 15 is 0 Å². The number of hydrogen-bond donors (Lipinski definition) is 2. The molecule has 0 aliphatic carbocycles. The predicted molar refractivity (Wildman–Crippen MR) is 150 cm³/mol. The highest BCUT2D eigenvalue weighted by Gasteiger charge is 2.38. The fraction of sp³-hybridized carbons (Fsp3) is 0.552. The molecule has 3 amide bonds. The third-order valence-corrected chi connectivity index (χ3v) is 7.24. The molecule has 2 atom stereocenters. The van der Waals surface area contributed by atoms with Gasteiger partial charge in [0.05, 0.1) is 0 Å². The number of carbonyl (C=O) groups excluding carboxylic acids is 3. The van der Waals surface area contributed by atoms with Crippen LogP contribution in [0.2, 0.25) is 0 Å². The summed E-state index contributed by atoms with van der Waals surface area (Å²) in [5, 5.41) is 6.83. The average Bonchev–Trinajstić information content (AvgIpc) is 3.24. The van der Waals surface area contributed by atoms with Crippen LogP contribution in [0.15, 0.2) is 46.1 Å². The van der Waals surface area contributed by atoms with Crippen molar-refractivity contribution in [1.82, 2.24) is 20.8 Å². The molecule has 1 fully saturated rings. The smallest absolute Gasteiger partial charge is 0.410 e. The zero-order chi connectivity index (χ0) is 28.3. The van der Waals surface area contributed by atoms with E-state index in [0.717, 1.165) is 35.5 Å². The van der Waals surface area contributed by atoms with Gasteiger partial charge in [-0.1, -0.05) is 19.1 Å². The number of hydrazine groups is 1. The minimum Gasteiger partial charge on any atom is -0.444 e. The Morgan fingerprint density at radius 3 is 2.33 bits per heavy atom. The summed E-state index contributed by atoms with van der Waals surface area (Å²) in [4.78, 5) is 44.0. The summed E-state index contributed by atoms with van der Waals surface area (Å²) in [7, 11) is 0. The van der Waals surface area contributed by atoms with E-state index in [9.17, 15) is 14.4 Å². The summed E-state index contributed by atoms with van der Waals surface area (Å²) < 4.78 is 5.40. The maximum Gasteiger partial charge on any atom is 0.410 e. The van der Waals surface area contributed by atoms with Crippen LogP contribution >= 0.6 is 0 Å². The number of nitrogens with one attached hydrogen (secondary N) is 2. The van der Waals surface area contributed by atoms with Crippen molar-refractivity contribution < 1.29 is 19.1 Å². The molecule has 2 unspecified atom stereocenters. The number of piperidine rings is 1. The van der Waals surface area contributed by atoms with Gasteiger partial charge in [-0.05, 0) is 84.1 Å². The van der Waals surface area contributed by atoms with Gasteiger partial charge in [0.2, 0.25) is 5.91 Å². The molecule has 4 rings (SSSR count). The highest BCUT2D eigenvalue weighted by molar-refractivity contribution is 5.96. The normalized spacial score (nSPS) is 21.4. The van der Waals surface area contributed by atoms with E-state index in [2.05, 4.69) is 30.8 Å². The van der Waals surface area contributed by atoms with Gasteiger partial charge in [-0.2, -0.15) is 5.10 Å². The lowest BCUT2D eigenvalue weighted by atomic mass is 9.90. The lowest BCUT2D eigenvalue weighted by molar-refractivity contribution is -0.127. The van der Waals surface area contributed by atoms with Gasteiger partial charge < -0.3 is 9.64 Å². The molecule has 39 heavy (non-hydrogen) atoms. The zero-order valence-electron chi connectivity index (χ0n) is 23.8. The number of rotatable bonds is 5. The Kier molecular flexibility index (Phi) is 8.42. The largest absolute Gasteiger partial charge is 0.444 e. The van der Waals surface area contributed by atoms with E-state index in [1.165, 1.54) is 0 Å². The summed E-state index contributed by atoms with van der Waals surface area (Å²) in [5.74, 6) is -0.739. The summed E-state index contributed by atoms with van der Waals surface area (Å²) >= 11 is 0. The number of ether oxygens (including phenoxy) is 1. The highest BCUT2D eigenvalue weighted by atomic mass is 16.6. The first-order valence-corrected chi connectivity index (χ1v) is 13.7. The molecular formula is C29H40N6O4. The van der Waals surface area contributed by atoms with Gasteiger partial charge in [0, 0.05) is 47.6 Å². The fourth-order valence-electron chi connectivity index (χ4n) is 5.21. The van der Waals surface area contributed by atoms with Crippen LogP contribution in [0, 0.1) is 11.8 Å². The first-order chi connectivity index (χ1) is 18.4. The molecule has 1 aromatic rings. The molecule has 0 aromatic heterocycles. The van der Waals surface area contributed by atoms with E-state index in [1.807, 2.05) is 44.8 Å². The molecule has 10 nitrogen and oxygen atoms in total. The molecule has 1 saturated heterocycles. The third kappa shape index (κ3) is 6.85. The molecule has 3 aliphatic rings. The summed E-state index contributed by atoms with van der Waals surface area (Å²) in [5.41, 5.74) is 9.31. The van der Waals surface area contributed by atoms with Crippen LogP contribution < -0.4 is 10.9 Å². The van der Waals surface area contributed by atoms with E-state index in [1.54, 1.807) is 17.0 Å². The van der Waals surface area contributed by atoms with Gasteiger partial charge in [0.25, 0.3) is 5.91 Å². The van der Waals surface area contributed by atoms with Crippen LogP contribution in [-0.4, -0.2) is 64.1 Å². The summed E-state index contributed by atoms with van der Waals surface area (Å²) in [6.07, 6.45) is 4.32. The Morgan fingerprint density at radius 2 is 1.72 bits per heavy atom. The second-order valence-corrected chi connectivity index (χ2v) is 11.5.